The van der Waals surface area contributed by atoms with Gasteiger partial charge in [-0.1, -0.05) is 42.5 Å². The van der Waals surface area contributed by atoms with Crippen molar-refractivity contribution in [3.63, 3.8) is 0 Å². The van der Waals surface area contributed by atoms with Crippen molar-refractivity contribution in [3.8, 4) is 17.0 Å². The summed E-state index contributed by atoms with van der Waals surface area (Å²) < 4.78 is 6.57. The van der Waals surface area contributed by atoms with Crippen molar-refractivity contribution in [2.24, 2.45) is 0 Å². The molecule has 9 nitrogen and oxygen atoms in total. The van der Waals surface area contributed by atoms with Crippen LogP contribution in [0.4, 0.5) is 10.8 Å². The van der Waals surface area contributed by atoms with E-state index in [1.807, 2.05) is 35.7 Å². The number of ether oxygens (including phenoxy) is 1. The average Bonchev–Trinajstić information content (AvgIpc) is 3.54. The van der Waals surface area contributed by atoms with Gasteiger partial charge in [0.1, 0.15) is 16.6 Å². The number of carbonyl (C=O) groups excluding carboxylic acids is 2. The number of thiophene rings is 1. The molecule has 0 aliphatic carbocycles. The van der Waals surface area contributed by atoms with Crippen LogP contribution in [-0.4, -0.2) is 33.5 Å². The lowest BCUT2D eigenvalue weighted by Gasteiger charge is -2.13. The fraction of sp³-hybridized carbons (Fsp3) is 0.148. The third-order valence-corrected chi connectivity index (χ3v) is 7.99. The molecule has 5 rings (SSSR count). The first-order chi connectivity index (χ1) is 18.4. The molecule has 1 atom stereocenters. The zero-order valence-electron chi connectivity index (χ0n) is 20.7. The Labute approximate surface area is 225 Å². The lowest BCUT2D eigenvalue weighted by Crippen LogP contribution is -2.31. The summed E-state index contributed by atoms with van der Waals surface area (Å²) in [7, 11) is 1.52. The highest BCUT2D eigenvalue weighted by atomic mass is 32.1. The molecule has 1 unspecified atom stereocenters. The summed E-state index contributed by atoms with van der Waals surface area (Å²) in [5.74, 6) is -0.245. The van der Waals surface area contributed by atoms with E-state index in [4.69, 9.17) is 4.74 Å². The molecule has 5 aromatic rings. The van der Waals surface area contributed by atoms with Crippen molar-refractivity contribution < 1.29 is 14.3 Å². The van der Waals surface area contributed by atoms with Crippen molar-refractivity contribution in [3.05, 3.63) is 87.1 Å². The Morgan fingerprint density at radius 1 is 1.05 bits per heavy atom. The minimum atomic E-state index is -0.853. The maximum Gasteiger partial charge on any atom is 0.266 e. The lowest BCUT2D eigenvalue weighted by atomic mass is 10.2. The van der Waals surface area contributed by atoms with Gasteiger partial charge < -0.3 is 15.4 Å². The first-order valence-corrected chi connectivity index (χ1v) is 13.3. The van der Waals surface area contributed by atoms with E-state index in [1.165, 1.54) is 29.3 Å². The number of methoxy groups -OCH3 is 1. The van der Waals surface area contributed by atoms with Crippen LogP contribution in [-0.2, 0) is 4.79 Å². The van der Waals surface area contributed by atoms with Crippen molar-refractivity contribution in [2.75, 3.05) is 17.7 Å². The molecule has 192 valence electrons. The van der Waals surface area contributed by atoms with Gasteiger partial charge in [0.15, 0.2) is 5.13 Å². The second-order valence-electron chi connectivity index (χ2n) is 8.42. The second kappa shape index (κ2) is 10.6. The largest absolute Gasteiger partial charge is 0.495 e. The van der Waals surface area contributed by atoms with Gasteiger partial charge in [-0.15, -0.1) is 22.7 Å². The van der Waals surface area contributed by atoms with Crippen LogP contribution in [0.3, 0.4) is 0 Å². The quantitative estimate of drug-likeness (QED) is 0.285. The van der Waals surface area contributed by atoms with Crippen molar-refractivity contribution >= 4 is 55.5 Å². The van der Waals surface area contributed by atoms with E-state index in [9.17, 15) is 14.4 Å². The molecule has 0 saturated heterocycles. The summed E-state index contributed by atoms with van der Waals surface area (Å²) in [5, 5.41) is 8.23. The number of hydrogen-bond donors (Lipinski definition) is 2. The Hall–Kier alpha value is -4.35. The van der Waals surface area contributed by atoms with Gasteiger partial charge >= 0.3 is 0 Å². The number of anilines is 2. The lowest BCUT2D eigenvalue weighted by molar-refractivity contribution is -0.118. The van der Waals surface area contributed by atoms with Crippen molar-refractivity contribution in [1.29, 1.82) is 0 Å². The number of nitrogens with one attached hydrogen (secondary N) is 2. The standard InChI is InChI=1S/C27H23N5O4S2/c1-15-21-25(38-22(15)24(34)29-18-11-7-8-12-20(18)36-3)28-14-32(26(21)35)16(2)23(33)31-27-30-19(13-37-27)17-9-5-4-6-10-17/h4-14,16H,1-3H3,(H,29,34)(H,30,31,33). The van der Waals surface area contributed by atoms with Crippen LogP contribution in [0.5, 0.6) is 5.75 Å². The Kier molecular flexibility index (Phi) is 7.03. The van der Waals surface area contributed by atoms with E-state index in [0.29, 0.717) is 37.2 Å². The zero-order valence-corrected chi connectivity index (χ0v) is 22.4. The molecule has 0 fully saturated rings. The van der Waals surface area contributed by atoms with E-state index in [2.05, 4.69) is 20.6 Å². The Bertz CT molecular complexity index is 1710. The summed E-state index contributed by atoms with van der Waals surface area (Å²) in [6.07, 6.45) is 1.34. The van der Waals surface area contributed by atoms with E-state index < -0.39 is 17.5 Å². The first kappa shape index (κ1) is 25.3. The van der Waals surface area contributed by atoms with E-state index in [0.717, 1.165) is 22.6 Å². The van der Waals surface area contributed by atoms with Gasteiger partial charge in [-0.3, -0.25) is 19.0 Å². The summed E-state index contributed by atoms with van der Waals surface area (Å²) >= 11 is 2.43. The predicted molar refractivity (Wildman–Crippen MR) is 150 cm³/mol. The molecule has 2 amide bonds. The van der Waals surface area contributed by atoms with Gasteiger partial charge in [-0.2, -0.15) is 0 Å². The molecule has 11 heteroatoms. The molecule has 0 radical (unpaired) electrons. The molecule has 2 aromatic carbocycles. The van der Waals surface area contributed by atoms with E-state index in [1.54, 1.807) is 38.1 Å². The van der Waals surface area contributed by atoms with Gasteiger partial charge in [0, 0.05) is 10.9 Å². The zero-order chi connectivity index (χ0) is 26.8. The number of hydrogen-bond acceptors (Lipinski definition) is 8. The van der Waals surface area contributed by atoms with Crippen LogP contribution >= 0.6 is 22.7 Å². The van der Waals surface area contributed by atoms with Gasteiger partial charge in [-0.25, -0.2) is 9.97 Å². The highest BCUT2D eigenvalue weighted by Gasteiger charge is 2.24. The molecule has 2 N–H and O–H groups in total. The molecule has 38 heavy (non-hydrogen) atoms. The SMILES string of the molecule is COc1ccccc1NC(=O)c1sc2ncn(C(C)C(=O)Nc3nc(-c4ccccc4)cs3)c(=O)c2c1C. The summed E-state index contributed by atoms with van der Waals surface area (Å²) in [6, 6.07) is 15.9. The summed E-state index contributed by atoms with van der Waals surface area (Å²) in [4.78, 5) is 49.1. The number of benzene rings is 2. The number of amides is 2. The normalized spacial score (nSPS) is 11.8. The summed E-state index contributed by atoms with van der Waals surface area (Å²) in [6.45, 7) is 3.32. The van der Waals surface area contributed by atoms with Crippen LogP contribution in [0.1, 0.15) is 28.2 Å². The van der Waals surface area contributed by atoms with Gasteiger partial charge in [0.05, 0.1) is 35.1 Å². The fourth-order valence-electron chi connectivity index (χ4n) is 3.97. The monoisotopic (exact) mass is 545 g/mol. The van der Waals surface area contributed by atoms with E-state index >= 15 is 0 Å². The maximum absolute atomic E-state index is 13.4. The molecule has 0 aliphatic heterocycles. The molecular weight excluding hydrogens is 522 g/mol. The maximum atomic E-state index is 13.4. The number of rotatable bonds is 7. The van der Waals surface area contributed by atoms with Crippen LogP contribution in [0.15, 0.2) is 71.1 Å². The second-order valence-corrected chi connectivity index (χ2v) is 10.3. The highest BCUT2D eigenvalue weighted by Crippen LogP contribution is 2.30. The molecular formula is C27H23N5O4S2. The third kappa shape index (κ3) is 4.81. The number of para-hydroxylation sites is 2. The third-order valence-electron chi connectivity index (χ3n) is 6.04. The van der Waals surface area contributed by atoms with Crippen LogP contribution < -0.4 is 20.9 Å². The Balaban J connectivity index is 1.38. The molecule has 0 bridgehead atoms. The van der Waals surface area contributed by atoms with Crippen LogP contribution in [0, 0.1) is 6.92 Å². The number of thiazole rings is 1. The average molecular weight is 546 g/mol. The fourth-order valence-corrected chi connectivity index (χ4v) is 5.72. The molecule has 0 spiro atoms. The number of aryl methyl sites for hydroxylation is 1. The molecule has 0 aliphatic rings. The first-order valence-electron chi connectivity index (χ1n) is 11.6. The number of carbonyl (C=O) groups is 2. The van der Waals surface area contributed by atoms with Crippen LogP contribution in [0.25, 0.3) is 21.5 Å². The van der Waals surface area contributed by atoms with Crippen molar-refractivity contribution in [1.82, 2.24) is 14.5 Å². The Morgan fingerprint density at radius 2 is 1.79 bits per heavy atom. The molecule has 0 saturated carbocycles. The predicted octanol–water partition coefficient (Wildman–Crippen LogP) is 5.35. The number of nitrogens with zero attached hydrogens (tertiary/aromatic N) is 3. The number of fused-ring (bicyclic) bond motifs is 1. The minimum absolute atomic E-state index is 0.308. The van der Waals surface area contributed by atoms with Gasteiger partial charge in [0.25, 0.3) is 11.5 Å². The summed E-state index contributed by atoms with van der Waals surface area (Å²) in [5.41, 5.74) is 2.33. The van der Waals surface area contributed by atoms with E-state index in [-0.39, 0.29) is 5.91 Å². The Morgan fingerprint density at radius 3 is 2.55 bits per heavy atom. The van der Waals surface area contributed by atoms with Crippen LogP contribution in [0.2, 0.25) is 0 Å². The molecule has 3 heterocycles. The number of aromatic nitrogens is 3. The highest BCUT2D eigenvalue weighted by molar-refractivity contribution is 7.20. The van der Waals surface area contributed by atoms with Gasteiger partial charge in [-0.05, 0) is 31.5 Å². The smallest absolute Gasteiger partial charge is 0.266 e. The van der Waals surface area contributed by atoms with Gasteiger partial charge in [0.2, 0.25) is 5.91 Å². The topological polar surface area (TPSA) is 115 Å². The van der Waals surface area contributed by atoms with Crippen molar-refractivity contribution in [2.45, 2.75) is 19.9 Å². The molecule has 3 aromatic heterocycles. The minimum Gasteiger partial charge on any atom is -0.495 e.